The first-order valence-electron chi connectivity index (χ1n) is 4.08. The van der Waals surface area contributed by atoms with Gasteiger partial charge in [0.25, 0.3) is 0 Å². The first kappa shape index (κ1) is 9.50. The van der Waals surface area contributed by atoms with Crippen LogP contribution in [0.2, 0.25) is 0 Å². The second kappa shape index (κ2) is 3.88. The summed E-state index contributed by atoms with van der Waals surface area (Å²) in [5, 5.41) is 8.70. The van der Waals surface area contributed by atoms with Gasteiger partial charge in [0, 0.05) is 6.04 Å². The minimum Gasteiger partial charge on any atom is -0.321 e. The zero-order chi connectivity index (χ0) is 9.84. The zero-order valence-electron chi connectivity index (χ0n) is 7.62. The van der Waals surface area contributed by atoms with E-state index in [-0.39, 0.29) is 6.04 Å². The van der Waals surface area contributed by atoms with E-state index in [1.165, 1.54) is 0 Å². The van der Waals surface area contributed by atoms with Crippen LogP contribution in [0.15, 0.2) is 30.9 Å². The molecule has 0 unspecified atom stereocenters. The molecule has 0 heterocycles. The molecule has 0 spiro atoms. The maximum atomic E-state index is 8.70. The molecule has 1 atom stereocenters. The van der Waals surface area contributed by atoms with Crippen LogP contribution in [-0.2, 0) is 0 Å². The van der Waals surface area contributed by atoms with Crippen molar-refractivity contribution in [3.8, 4) is 6.07 Å². The van der Waals surface area contributed by atoms with Crippen molar-refractivity contribution >= 4 is 0 Å². The van der Waals surface area contributed by atoms with Gasteiger partial charge in [0.15, 0.2) is 0 Å². The highest BCUT2D eigenvalue weighted by molar-refractivity contribution is 5.40. The van der Waals surface area contributed by atoms with Gasteiger partial charge in [0.05, 0.1) is 11.6 Å². The van der Waals surface area contributed by atoms with E-state index in [2.05, 4.69) is 12.6 Å². The molecule has 0 fully saturated rings. The summed E-state index contributed by atoms with van der Waals surface area (Å²) in [7, 11) is 0. The Morgan fingerprint density at radius 3 is 2.77 bits per heavy atom. The molecule has 0 saturated carbocycles. The number of nitrogens with two attached hydrogens (primary N) is 1. The quantitative estimate of drug-likeness (QED) is 0.694. The molecule has 2 nitrogen and oxygen atoms in total. The summed E-state index contributed by atoms with van der Waals surface area (Å²) in [6, 6.07) is 7.53. The molecule has 13 heavy (non-hydrogen) atoms. The van der Waals surface area contributed by atoms with Gasteiger partial charge in [-0.05, 0) is 24.1 Å². The summed E-state index contributed by atoms with van der Waals surface area (Å²) < 4.78 is 0. The van der Waals surface area contributed by atoms with Gasteiger partial charge >= 0.3 is 0 Å². The highest BCUT2D eigenvalue weighted by Gasteiger charge is 2.03. The third kappa shape index (κ3) is 1.95. The molecular weight excluding hydrogens is 160 g/mol. The van der Waals surface area contributed by atoms with Crippen LogP contribution in [0, 0.1) is 18.3 Å². The number of rotatable bonds is 2. The predicted molar refractivity (Wildman–Crippen MR) is 53.0 cm³/mol. The number of nitriles is 1. The summed E-state index contributed by atoms with van der Waals surface area (Å²) in [5.74, 6) is 0. The average Bonchev–Trinajstić information content (AvgIpc) is 2.16. The molecule has 1 rings (SSSR count). The molecule has 0 aromatic heterocycles. The largest absolute Gasteiger partial charge is 0.321 e. The van der Waals surface area contributed by atoms with Gasteiger partial charge < -0.3 is 5.73 Å². The number of aryl methyl sites for hydroxylation is 1. The Kier molecular flexibility index (Phi) is 2.84. The van der Waals surface area contributed by atoms with E-state index < -0.39 is 0 Å². The van der Waals surface area contributed by atoms with Crippen LogP contribution in [0.3, 0.4) is 0 Å². The number of nitrogens with zero attached hydrogens (tertiary/aromatic N) is 1. The normalized spacial score (nSPS) is 11.8. The minimum absolute atomic E-state index is 0.147. The third-order valence-electron chi connectivity index (χ3n) is 2.01. The summed E-state index contributed by atoms with van der Waals surface area (Å²) in [6.07, 6.45) is 1.68. The lowest BCUT2D eigenvalue weighted by Gasteiger charge is -2.07. The Labute approximate surface area is 78.3 Å². The second-order valence-electron chi connectivity index (χ2n) is 2.95. The highest BCUT2D eigenvalue weighted by atomic mass is 14.6. The maximum absolute atomic E-state index is 8.70. The predicted octanol–water partition coefficient (Wildman–Crippen LogP) is 2.05. The van der Waals surface area contributed by atoms with Crippen LogP contribution >= 0.6 is 0 Å². The lowest BCUT2D eigenvalue weighted by molar-refractivity contribution is 0.912. The SMILES string of the molecule is C=C[C@H](N)c1ccc(C#N)c(C)c1. The van der Waals surface area contributed by atoms with Gasteiger partial charge in [-0.3, -0.25) is 0 Å². The van der Waals surface area contributed by atoms with Crippen molar-refractivity contribution in [1.29, 1.82) is 5.26 Å². The topological polar surface area (TPSA) is 49.8 Å². The smallest absolute Gasteiger partial charge is 0.0994 e. The summed E-state index contributed by atoms with van der Waals surface area (Å²) in [6.45, 7) is 5.52. The Balaban J connectivity index is 3.11. The molecule has 0 radical (unpaired) electrons. The molecule has 0 aliphatic rings. The van der Waals surface area contributed by atoms with E-state index in [0.29, 0.717) is 5.56 Å². The number of benzene rings is 1. The summed E-state index contributed by atoms with van der Waals surface area (Å²) >= 11 is 0. The van der Waals surface area contributed by atoms with Crippen molar-refractivity contribution in [2.24, 2.45) is 5.73 Å². The summed E-state index contributed by atoms with van der Waals surface area (Å²) in [5.41, 5.74) is 8.40. The van der Waals surface area contributed by atoms with E-state index in [1.54, 1.807) is 12.1 Å². The van der Waals surface area contributed by atoms with E-state index in [0.717, 1.165) is 11.1 Å². The molecule has 0 amide bonds. The second-order valence-corrected chi connectivity index (χ2v) is 2.95. The zero-order valence-corrected chi connectivity index (χ0v) is 7.62. The molecule has 1 aromatic carbocycles. The van der Waals surface area contributed by atoms with E-state index in [9.17, 15) is 0 Å². The Morgan fingerprint density at radius 1 is 1.62 bits per heavy atom. The molecule has 1 aromatic rings. The van der Waals surface area contributed by atoms with Crippen LogP contribution in [0.25, 0.3) is 0 Å². The Bertz CT molecular complexity index is 361. The van der Waals surface area contributed by atoms with Gasteiger partial charge in [-0.2, -0.15) is 5.26 Å². The van der Waals surface area contributed by atoms with Crippen LogP contribution in [0.4, 0.5) is 0 Å². The van der Waals surface area contributed by atoms with Crippen molar-refractivity contribution in [3.05, 3.63) is 47.5 Å². The van der Waals surface area contributed by atoms with E-state index in [1.807, 2.05) is 19.1 Å². The van der Waals surface area contributed by atoms with Crippen molar-refractivity contribution in [1.82, 2.24) is 0 Å². The van der Waals surface area contributed by atoms with E-state index in [4.69, 9.17) is 11.0 Å². The first-order valence-corrected chi connectivity index (χ1v) is 4.08. The van der Waals surface area contributed by atoms with Crippen molar-refractivity contribution in [2.45, 2.75) is 13.0 Å². The fourth-order valence-electron chi connectivity index (χ4n) is 1.16. The molecule has 0 aliphatic carbocycles. The average molecular weight is 172 g/mol. The summed E-state index contributed by atoms with van der Waals surface area (Å²) in [4.78, 5) is 0. The van der Waals surface area contributed by atoms with Gasteiger partial charge in [-0.25, -0.2) is 0 Å². The van der Waals surface area contributed by atoms with Crippen molar-refractivity contribution < 1.29 is 0 Å². The maximum Gasteiger partial charge on any atom is 0.0994 e. The van der Waals surface area contributed by atoms with Crippen molar-refractivity contribution in [3.63, 3.8) is 0 Å². The molecule has 2 N–H and O–H groups in total. The number of hydrogen-bond acceptors (Lipinski definition) is 2. The lowest BCUT2D eigenvalue weighted by Crippen LogP contribution is -2.06. The molecule has 0 aliphatic heterocycles. The van der Waals surface area contributed by atoms with Gasteiger partial charge in [0.1, 0.15) is 0 Å². The fraction of sp³-hybridized carbons (Fsp3) is 0.182. The van der Waals surface area contributed by atoms with Crippen LogP contribution < -0.4 is 5.73 Å². The van der Waals surface area contributed by atoms with E-state index >= 15 is 0 Å². The lowest BCUT2D eigenvalue weighted by atomic mass is 10.0. The third-order valence-corrected chi connectivity index (χ3v) is 2.01. The fourth-order valence-corrected chi connectivity index (χ4v) is 1.16. The highest BCUT2D eigenvalue weighted by Crippen LogP contribution is 2.15. The van der Waals surface area contributed by atoms with Gasteiger partial charge in [-0.1, -0.05) is 18.2 Å². The van der Waals surface area contributed by atoms with Gasteiger partial charge in [-0.15, -0.1) is 6.58 Å². The molecule has 0 bridgehead atoms. The molecule has 0 saturated heterocycles. The van der Waals surface area contributed by atoms with Crippen LogP contribution in [0.1, 0.15) is 22.7 Å². The molecular formula is C11H12N2. The minimum atomic E-state index is -0.147. The first-order chi connectivity index (χ1) is 6.19. The molecule has 2 heteroatoms. The Morgan fingerprint density at radius 2 is 2.31 bits per heavy atom. The Hall–Kier alpha value is -1.59. The van der Waals surface area contributed by atoms with Crippen molar-refractivity contribution in [2.75, 3.05) is 0 Å². The van der Waals surface area contributed by atoms with Crippen LogP contribution in [0.5, 0.6) is 0 Å². The monoisotopic (exact) mass is 172 g/mol. The number of hydrogen-bond donors (Lipinski definition) is 1. The molecule has 66 valence electrons. The van der Waals surface area contributed by atoms with Gasteiger partial charge in [0.2, 0.25) is 0 Å². The standard InChI is InChI=1S/C11H12N2/c1-3-11(13)9-4-5-10(7-12)8(2)6-9/h3-6,11H,1,13H2,2H3/t11-/m0/s1. The van der Waals surface area contributed by atoms with Crippen LogP contribution in [-0.4, -0.2) is 0 Å².